The van der Waals surface area contributed by atoms with Crippen molar-refractivity contribution < 1.29 is 14.3 Å². The van der Waals surface area contributed by atoms with Crippen LogP contribution >= 0.6 is 23.2 Å². The molecule has 0 aromatic heterocycles. The fraction of sp³-hybridized carbons (Fsp3) is 0.300. The lowest BCUT2D eigenvalue weighted by atomic mass is 10.1. The van der Waals surface area contributed by atoms with Gasteiger partial charge in [-0.15, -0.1) is 0 Å². The van der Waals surface area contributed by atoms with Crippen molar-refractivity contribution in [2.24, 2.45) is 0 Å². The second kappa shape index (κ2) is 8.19. The van der Waals surface area contributed by atoms with Crippen molar-refractivity contribution in [1.29, 1.82) is 0 Å². The highest BCUT2D eigenvalue weighted by Crippen LogP contribution is 2.28. The van der Waals surface area contributed by atoms with Crippen molar-refractivity contribution in [2.75, 3.05) is 19.0 Å². The van der Waals surface area contributed by atoms with Gasteiger partial charge in [-0.2, -0.15) is 0 Å². The zero-order valence-corrected chi connectivity index (χ0v) is 16.6. The number of carbonyl (C=O) groups is 2. The minimum absolute atomic E-state index is 0.238. The molecule has 3 rings (SSSR count). The fourth-order valence-electron chi connectivity index (χ4n) is 3.26. The molecule has 1 aliphatic rings. The number of amides is 2. The molecule has 1 N–H and O–H groups in total. The molecule has 0 bridgehead atoms. The van der Waals surface area contributed by atoms with Crippen LogP contribution in [0, 0.1) is 6.92 Å². The number of methoxy groups -OCH3 is 1. The van der Waals surface area contributed by atoms with E-state index in [-0.39, 0.29) is 11.8 Å². The van der Waals surface area contributed by atoms with Crippen LogP contribution < -0.4 is 10.1 Å². The van der Waals surface area contributed by atoms with Crippen molar-refractivity contribution in [1.82, 2.24) is 4.90 Å². The van der Waals surface area contributed by atoms with E-state index in [1.807, 2.05) is 19.1 Å². The predicted molar refractivity (Wildman–Crippen MR) is 107 cm³/mol. The first-order valence-electron chi connectivity index (χ1n) is 8.61. The summed E-state index contributed by atoms with van der Waals surface area (Å²) in [4.78, 5) is 27.3. The highest BCUT2D eigenvalue weighted by molar-refractivity contribution is 6.35. The summed E-state index contributed by atoms with van der Waals surface area (Å²) >= 11 is 12.0. The Morgan fingerprint density at radius 2 is 1.85 bits per heavy atom. The van der Waals surface area contributed by atoms with Gasteiger partial charge in [-0.25, -0.2) is 0 Å². The molecule has 1 heterocycles. The Labute approximate surface area is 168 Å². The second-order valence-corrected chi connectivity index (χ2v) is 7.38. The van der Waals surface area contributed by atoms with Gasteiger partial charge in [0.1, 0.15) is 11.8 Å². The summed E-state index contributed by atoms with van der Waals surface area (Å²) in [6, 6.07) is 9.69. The van der Waals surface area contributed by atoms with Gasteiger partial charge in [0.05, 0.1) is 12.8 Å². The number of aryl methyl sites for hydroxylation is 1. The van der Waals surface area contributed by atoms with Crippen LogP contribution in [0.2, 0.25) is 10.0 Å². The number of halogens is 2. The number of rotatable bonds is 4. The van der Waals surface area contributed by atoms with E-state index in [9.17, 15) is 9.59 Å². The van der Waals surface area contributed by atoms with Crippen molar-refractivity contribution in [3.63, 3.8) is 0 Å². The molecule has 0 aliphatic carbocycles. The largest absolute Gasteiger partial charge is 0.495 e. The molecule has 5 nitrogen and oxygen atoms in total. The van der Waals surface area contributed by atoms with E-state index in [0.29, 0.717) is 40.0 Å². The summed E-state index contributed by atoms with van der Waals surface area (Å²) in [6.45, 7) is 2.44. The maximum Gasteiger partial charge on any atom is 0.254 e. The minimum atomic E-state index is -0.555. The summed E-state index contributed by atoms with van der Waals surface area (Å²) in [5, 5.41) is 3.66. The SMILES string of the molecule is COc1ccc(C)cc1NC(=O)C1CCCN1C(=O)c1cc(Cl)cc(Cl)c1. The molecule has 1 fully saturated rings. The van der Waals surface area contributed by atoms with E-state index in [1.54, 1.807) is 36.3 Å². The summed E-state index contributed by atoms with van der Waals surface area (Å²) in [5.74, 6) is 0.0811. The number of carbonyl (C=O) groups excluding carboxylic acids is 2. The van der Waals surface area contributed by atoms with Gasteiger partial charge in [0.25, 0.3) is 5.91 Å². The molecular weight excluding hydrogens is 387 g/mol. The van der Waals surface area contributed by atoms with Crippen LogP contribution in [0.4, 0.5) is 5.69 Å². The van der Waals surface area contributed by atoms with E-state index in [1.165, 1.54) is 0 Å². The third-order valence-corrected chi connectivity index (χ3v) is 4.98. The number of hydrogen-bond donors (Lipinski definition) is 1. The zero-order chi connectivity index (χ0) is 19.6. The molecule has 2 aromatic carbocycles. The van der Waals surface area contributed by atoms with Crippen LogP contribution in [-0.2, 0) is 4.79 Å². The van der Waals surface area contributed by atoms with E-state index >= 15 is 0 Å². The maximum atomic E-state index is 12.9. The van der Waals surface area contributed by atoms with Gasteiger partial charge in [0, 0.05) is 22.2 Å². The van der Waals surface area contributed by atoms with E-state index in [2.05, 4.69) is 5.32 Å². The zero-order valence-electron chi connectivity index (χ0n) is 15.1. The number of anilines is 1. The van der Waals surface area contributed by atoms with Crippen LogP contribution in [0.3, 0.4) is 0 Å². The Bertz CT molecular complexity index is 865. The fourth-order valence-corrected chi connectivity index (χ4v) is 3.79. The number of likely N-dealkylation sites (tertiary alicyclic amines) is 1. The van der Waals surface area contributed by atoms with Crippen LogP contribution in [-0.4, -0.2) is 36.4 Å². The first kappa shape index (κ1) is 19.5. The Hall–Kier alpha value is -2.24. The molecule has 142 valence electrons. The Balaban J connectivity index is 1.80. The van der Waals surface area contributed by atoms with Gasteiger partial charge in [-0.3, -0.25) is 9.59 Å². The summed E-state index contributed by atoms with van der Waals surface area (Å²) in [7, 11) is 1.55. The molecular formula is C20H20Cl2N2O3. The van der Waals surface area contributed by atoms with Crippen molar-refractivity contribution >= 4 is 40.7 Å². The Morgan fingerprint density at radius 1 is 1.15 bits per heavy atom. The van der Waals surface area contributed by atoms with Gasteiger partial charge in [0.2, 0.25) is 5.91 Å². The van der Waals surface area contributed by atoms with Gasteiger partial charge in [0.15, 0.2) is 0 Å². The lowest BCUT2D eigenvalue weighted by Gasteiger charge is -2.24. The molecule has 27 heavy (non-hydrogen) atoms. The van der Waals surface area contributed by atoms with Gasteiger partial charge in [-0.1, -0.05) is 29.3 Å². The summed E-state index contributed by atoms with van der Waals surface area (Å²) in [6.07, 6.45) is 1.35. The van der Waals surface area contributed by atoms with Crippen LogP contribution in [0.5, 0.6) is 5.75 Å². The topological polar surface area (TPSA) is 58.6 Å². The van der Waals surface area contributed by atoms with E-state index in [4.69, 9.17) is 27.9 Å². The average molecular weight is 407 g/mol. The van der Waals surface area contributed by atoms with Gasteiger partial charge < -0.3 is 15.0 Å². The quantitative estimate of drug-likeness (QED) is 0.809. The molecule has 1 saturated heterocycles. The number of nitrogens with zero attached hydrogens (tertiary/aromatic N) is 1. The number of nitrogens with one attached hydrogen (secondary N) is 1. The molecule has 1 unspecified atom stereocenters. The van der Waals surface area contributed by atoms with Gasteiger partial charge >= 0.3 is 0 Å². The number of hydrogen-bond acceptors (Lipinski definition) is 3. The van der Waals surface area contributed by atoms with Crippen LogP contribution in [0.25, 0.3) is 0 Å². The minimum Gasteiger partial charge on any atom is -0.495 e. The Morgan fingerprint density at radius 3 is 2.52 bits per heavy atom. The molecule has 1 aliphatic heterocycles. The lowest BCUT2D eigenvalue weighted by molar-refractivity contribution is -0.119. The molecule has 0 radical (unpaired) electrons. The monoisotopic (exact) mass is 406 g/mol. The Kier molecular flexibility index (Phi) is 5.92. The average Bonchev–Trinajstić information content (AvgIpc) is 3.10. The first-order chi connectivity index (χ1) is 12.9. The van der Waals surface area contributed by atoms with E-state index in [0.717, 1.165) is 12.0 Å². The molecule has 2 amide bonds. The second-order valence-electron chi connectivity index (χ2n) is 6.51. The van der Waals surface area contributed by atoms with Gasteiger partial charge in [-0.05, 0) is 55.7 Å². The molecule has 0 saturated carbocycles. The normalized spacial score (nSPS) is 16.3. The van der Waals surface area contributed by atoms with E-state index < -0.39 is 6.04 Å². The molecule has 0 spiro atoms. The van der Waals surface area contributed by atoms with Crippen molar-refractivity contribution in [2.45, 2.75) is 25.8 Å². The number of ether oxygens (including phenoxy) is 1. The highest BCUT2D eigenvalue weighted by atomic mass is 35.5. The molecule has 1 atom stereocenters. The van der Waals surface area contributed by atoms with Crippen LogP contribution in [0.1, 0.15) is 28.8 Å². The highest BCUT2D eigenvalue weighted by Gasteiger charge is 2.35. The summed E-state index contributed by atoms with van der Waals surface area (Å²) < 4.78 is 5.31. The lowest BCUT2D eigenvalue weighted by Crippen LogP contribution is -2.43. The standard InChI is InChI=1S/C20H20Cl2N2O3/c1-12-5-6-18(27-2)16(8-12)23-19(25)17-4-3-7-24(17)20(26)13-9-14(21)11-15(22)10-13/h5-6,8-11,17H,3-4,7H2,1-2H3,(H,23,25). The smallest absolute Gasteiger partial charge is 0.254 e. The third-order valence-electron chi connectivity index (χ3n) is 4.54. The van der Waals surface area contributed by atoms with Crippen LogP contribution in [0.15, 0.2) is 36.4 Å². The summed E-state index contributed by atoms with van der Waals surface area (Å²) in [5.41, 5.74) is 1.96. The van der Waals surface area contributed by atoms with Crippen molar-refractivity contribution in [3.05, 3.63) is 57.6 Å². The number of benzene rings is 2. The molecule has 7 heteroatoms. The first-order valence-corrected chi connectivity index (χ1v) is 9.37. The van der Waals surface area contributed by atoms with Crippen molar-refractivity contribution in [3.8, 4) is 5.75 Å². The maximum absolute atomic E-state index is 12.9. The third kappa shape index (κ3) is 4.37. The molecule has 2 aromatic rings. The predicted octanol–water partition coefficient (Wildman–Crippen LogP) is 4.55.